The SMILES string of the molecule is O=C(Nc1cnccc1CO)c1coc2ccccc12. The number of benzene rings is 1. The summed E-state index contributed by atoms with van der Waals surface area (Å²) in [6, 6.07) is 8.97. The number of amides is 1. The number of nitrogens with zero attached hydrogens (tertiary/aromatic N) is 1. The third kappa shape index (κ3) is 2.15. The molecule has 0 aliphatic rings. The van der Waals surface area contributed by atoms with Gasteiger partial charge in [-0.3, -0.25) is 9.78 Å². The average Bonchev–Trinajstić information content (AvgIpc) is 2.92. The van der Waals surface area contributed by atoms with Crippen LogP contribution in [-0.4, -0.2) is 16.0 Å². The lowest BCUT2D eigenvalue weighted by molar-refractivity contribution is 0.102. The van der Waals surface area contributed by atoms with E-state index in [2.05, 4.69) is 10.3 Å². The molecular formula is C15H12N2O3. The Bertz CT molecular complexity index is 764. The summed E-state index contributed by atoms with van der Waals surface area (Å²) in [6.45, 7) is -0.162. The molecule has 0 fully saturated rings. The third-order valence-electron chi connectivity index (χ3n) is 3.06. The molecule has 0 atom stereocenters. The Morgan fingerprint density at radius 2 is 2.15 bits per heavy atom. The molecule has 0 aliphatic heterocycles. The predicted octanol–water partition coefficient (Wildman–Crippen LogP) is 2.57. The van der Waals surface area contributed by atoms with Gasteiger partial charge in [-0.05, 0) is 12.1 Å². The van der Waals surface area contributed by atoms with Crippen LogP contribution in [0, 0.1) is 0 Å². The first-order chi connectivity index (χ1) is 9.79. The van der Waals surface area contributed by atoms with Gasteiger partial charge in [-0.25, -0.2) is 0 Å². The zero-order valence-corrected chi connectivity index (χ0v) is 10.5. The van der Waals surface area contributed by atoms with Gasteiger partial charge in [0.15, 0.2) is 0 Å². The number of hydrogen-bond acceptors (Lipinski definition) is 4. The van der Waals surface area contributed by atoms with Crippen molar-refractivity contribution < 1.29 is 14.3 Å². The Morgan fingerprint density at radius 1 is 1.30 bits per heavy atom. The van der Waals surface area contributed by atoms with Crippen LogP contribution in [0.5, 0.6) is 0 Å². The first-order valence-corrected chi connectivity index (χ1v) is 6.11. The van der Waals surface area contributed by atoms with Crippen molar-refractivity contribution in [3.8, 4) is 0 Å². The van der Waals surface area contributed by atoms with Crippen LogP contribution in [0.2, 0.25) is 0 Å². The van der Waals surface area contributed by atoms with Gasteiger partial charge in [-0.1, -0.05) is 18.2 Å². The lowest BCUT2D eigenvalue weighted by Crippen LogP contribution is -2.13. The molecule has 0 radical (unpaired) electrons. The van der Waals surface area contributed by atoms with Gasteiger partial charge in [-0.15, -0.1) is 0 Å². The fourth-order valence-electron chi connectivity index (χ4n) is 2.02. The lowest BCUT2D eigenvalue weighted by atomic mass is 10.1. The van der Waals surface area contributed by atoms with Crippen molar-refractivity contribution >= 4 is 22.6 Å². The van der Waals surface area contributed by atoms with Crippen molar-refractivity contribution in [2.45, 2.75) is 6.61 Å². The maximum atomic E-state index is 12.3. The number of rotatable bonds is 3. The summed E-state index contributed by atoms with van der Waals surface area (Å²) in [6.07, 6.45) is 4.50. The Labute approximate surface area is 114 Å². The number of carbonyl (C=O) groups excluding carboxylic acids is 1. The van der Waals surface area contributed by atoms with E-state index >= 15 is 0 Å². The highest BCUT2D eigenvalue weighted by atomic mass is 16.3. The molecule has 0 bridgehead atoms. The van der Waals surface area contributed by atoms with Gasteiger partial charge >= 0.3 is 0 Å². The number of pyridine rings is 1. The Hall–Kier alpha value is -2.66. The molecule has 0 unspecified atom stereocenters. The summed E-state index contributed by atoms with van der Waals surface area (Å²) in [5.74, 6) is -0.294. The van der Waals surface area contributed by atoms with Crippen LogP contribution in [0.4, 0.5) is 5.69 Å². The van der Waals surface area contributed by atoms with E-state index in [0.717, 1.165) is 5.39 Å². The van der Waals surface area contributed by atoms with Crippen LogP contribution in [0.1, 0.15) is 15.9 Å². The zero-order chi connectivity index (χ0) is 13.9. The van der Waals surface area contributed by atoms with Crippen LogP contribution in [0.15, 0.2) is 53.4 Å². The number of nitrogens with one attached hydrogen (secondary N) is 1. The Morgan fingerprint density at radius 3 is 3.00 bits per heavy atom. The van der Waals surface area contributed by atoms with Crippen molar-refractivity contribution in [3.05, 3.63) is 60.1 Å². The number of para-hydroxylation sites is 1. The molecule has 3 aromatic rings. The average molecular weight is 268 g/mol. The molecule has 20 heavy (non-hydrogen) atoms. The van der Waals surface area contributed by atoms with Crippen molar-refractivity contribution in [2.75, 3.05) is 5.32 Å². The van der Waals surface area contributed by atoms with Crippen molar-refractivity contribution in [2.24, 2.45) is 0 Å². The molecule has 2 aromatic heterocycles. The number of hydrogen-bond donors (Lipinski definition) is 2. The molecule has 0 saturated heterocycles. The van der Waals surface area contributed by atoms with E-state index < -0.39 is 0 Å². The smallest absolute Gasteiger partial charge is 0.259 e. The maximum absolute atomic E-state index is 12.3. The van der Waals surface area contributed by atoms with E-state index in [1.165, 1.54) is 12.5 Å². The number of carbonyl (C=O) groups is 1. The molecule has 2 N–H and O–H groups in total. The summed E-state index contributed by atoms with van der Waals surface area (Å²) < 4.78 is 5.34. The quantitative estimate of drug-likeness (QED) is 0.765. The lowest BCUT2D eigenvalue weighted by Gasteiger charge is -2.07. The second kappa shape index (κ2) is 5.14. The van der Waals surface area contributed by atoms with E-state index in [0.29, 0.717) is 22.4 Å². The molecule has 3 rings (SSSR count). The molecule has 0 saturated carbocycles. The highest BCUT2D eigenvalue weighted by molar-refractivity contribution is 6.12. The molecule has 0 spiro atoms. The second-order valence-electron chi connectivity index (χ2n) is 4.29. The number of anilines is 1. The molecule has 100 valence electrons. The molecule has 0 aliphatic carbocycles. The summed E-state index contributed by atoms with van der Waals surface area (Å²) in [5, 5.41) is 12.7. The minimum absolute atomic E-state index is 0.162. The number of furan rings is 1. The molecule has 5 heteroatoms. The number of aliphatic hydroxyl groups is 1. The largest absolute Gasteiger partial charge is 0.463 e. The van der Waals surface area contributed by atoms with E-state index in [9.17, 15) is 9.90 Å². The third-order valence-corrected chi connectivity index (χ3v) is 3.06. The van der Waals surface area contributed by atoms with Crippen LogP contribution in [0.25, 0.3) is 11.0 Å². The van der Waals surface area contributed by atoms with Gasteiger partial charge in [0.05, 0.1) is 24.1 Å². The maximum Gasteiger partial charge on any atom is 0.259 e. The fourth-order valence-corrected chi connectivity index (χ4v) is 2.02. The molecular weight excluding hydrogens is 256 g/mol. The van der Waals surface area contributed by atoms with E-state index in [4.69, 9.17) is 4.42 Å². The van der Waals surface area contributed by atoms with Crippen LogP contribution in [0.3, 0.4) is 0 Å². The molecule has 2 heterocycles. The summed E-state index contributed by atoms with van der Waals surface area (Å²) in [7, 11) is 0. The van der Waals surface area contributed by atoms with Crippen LogP contribution < -0.4 is 5.32 Å². The monoisotopic (exact) mass is 268 g/mol. The second-order valence-corrected chi connectivity index (χ2v) is 4.29. The minimum Gasteiger partial charge on any atom is -0.463 e. The van der Waals surface area contributed by atoms with Gasteiger partial charge < -0.3 is 14.8 Å². The van der Waals surface area contributed by atoms with Crippen LogP contribution >= 0.6 is 0 Å². The summed E-state index contributed by atoms with van der Waals surface area (Å²) in [5.41, 5.74) is 2.21. The predicted molar refractivity (Wildman–Crippen MR) is 74.3 cm³/mol. The Kier molecular flexibility index (Phi) is 3.18. The van der Waals surface area contributed by atoms with Gasteiger partial charge in [0.2, 0.25) is 0 Å². The highest BCUT2D eigenvalue weighted by Crippen LogP contribution is 2.22. The van der Waals surface area contributed by atoms with Crippen LogP contribution in [-0.2, 0) is 6.61 Å². The fraction of sp³-hybridized carbons (Fsp3) is 0.0667. The van der Waals surface area contributed by atoms with Crippen molar-refractivity contribution in [3.63, 3.8) is 0 Å². The minimum atomic E-state index is -0.294. The summed E-state index contributed by atoms with van der Waals surface area (Å²) >= 11 is 0. The van der Waals surface area contributed by atoms with Gasteiger partial charge in [0.1, 0.15) is 11.8 Å². The van der Waals surface area contributed by atoms with Crippen molar-refractivity contribution in [1.29, 1.82) is 0 Å². The summed E-state index contributed by atoms with van der Waals surface area (Å²) in [4.78, 5) is 16.2. The van der Waals surface area contributed by atoms with E-state index in [1.807, 2.05) is 18.2 Å². The Balaban J connectivity index is 1.93. The topological polar surface area (TPSA) is 75.4 Å². The number of aromatic nitrogens is 1. The first-order valence-electron chi connectivity index (χ1n) is 6.11. The van der Waals surface area contributed by atoms with Gasteiger partial charge in [-0.2, -0.15) is 0 Å². The first kappa shape index (κ1) is 12.4. The van der Waals surface area contributed by atoms with E-state index in [-0.39, 0.29) is 12.5 Å². The molecule has 5 nitrogen and oxygen atoms in total. The van der Waals surface area contributed by atoms with Gasteiger partial charge in [0, 0.05) is 17.1 Å². The van der Waals surface area contributed by atoms with Crippen molar-refractivity contribution in [1.82, 2.24) is 4.98 Å². The molecule has 1 aromatic carbocycles. The zero-order valence-electron chi connectivity index (χ0n) is 10.5. The molecule has 1 amide bonds. The highest BCUT2D eigenvalue weighted by Gasteiger charge is 2.14. The van der Waals surface area contributed by atoms with E-state index in [1.54, 1.807) is 18.3 Å². The standard InChI is InChI=1S/C15H12N2O3/c18-8-10-5-6-16-7-13(10)17-15(19)12-9-20-14-4-2-1-3-11(12)14/h1-7,9,18H,8H2,(H,17,19). The van der Waals surface area contributed by atoms with Gasteiger partial charge in [0.25, 0.3) is 5.91 Å². The normalized spacial score (nSPS) is 10.7. The number of aliphatic hydroxyl groups excluding tert-OH is 1. The number of fused-ring (bicyclic) bond motifs is 1.